The van der Waals surface area contributed by atoms with Gasteiger partial charge >= 0.3 is 6.18 Å². The number of phenolic OH excluding ortho intramolecular Hbond substituents is 1. The highest BCUT2D eigenvalue weighted by molar-refractivity contribution is 5.83. The largest absolute Gasteiger partial charge is 0.507 e. The number of alkyl halides is 3. The van der Waals surface area contributed by atoms with Gasteiger partial charge in [0, 0.05) is 23.4 Å². The van der Waals surface area contributed by atoms with Crippen molar-refractivity contribution in [2.45, 2.75) is 6.18 Å². The van der Waals surface area contributed by atoms with Crippen LogP contribution in [0.25, 0.3) is 11.1 Å². The number of non-ortho nitro benzene ring substituents is 1. The highest BCUT2D eigenvalue weighted by Crippen LogP contribution is 2.40. The summed E-state index contributed by atoms with van der Waals surface area (Å²) in [6, 6.07) is 6.09. The Hall–Kier alpha value is -2.77. The second kappa shape index (κ2) is 4.97. The number of hydrogen-bond donors (Lipinski definition) is 2. The van der Waals surface area contributed by atoms with Crippen LogP contribution in [0.4, 0.5) is 24.5 Å². The van der Waals surface area contributed by atoms with Crippen molar-refractivity contribution in [3.05, 3.63) is 52.1 Å². The maximum Gasteiger partial charge on any atom is 0.416 e. The molecule has 0 aliphatic rings. The predicted molar refractivity (Wildman–Crippen MR) is 69.6 cm³/mol. The summed E-state index contributed by atoms with van der Waals surface area (Å²) in [5.41, 5.74) is 3.47. The summed E-state index contributed by atoms with van der Waals surface area (Å²) in [5, 5.41) is 20.5. The summed E-state index contributed by atoms with van der Waals surface area (Å²) in [6.07, 6.45) is -4.75. The molecule has 2 rings (SSSR count). The first-order valence-electron chi connectivity index (χ1n) is 5.64. The minimum atomic E-state index is -4.75. The van der Waals surface area contributed by atoms with Gasteiger partial charge in [0.25, 0.3) is 5.69 Å². The van der Waals surface area contributed by atoms with Crippen LogP contribution in [0.3, 0.4) is 0 Å². The molecule has 0 radical (unpaired) electrons. The molecule has 0 aliphatic heterocycles. The van der Waals surface area contributed by atoms with Gasteiger partial charge in [-0.05, 0) is 23.8 Å². The molecule has 3 N–H and O–H groups in total. The van der Waals surface area contributed by atoms with E-state index in [1.165, 1.54) is 18.2 Å². The number of anilines is 1. The van der Waals surface area contributed by atoms with Gasteiger partial charge in [0.15, 0.2) is 0 Å². The molecule has 5 nitrogen and oxygen atoms in total. The van der Waals surface area contributed by atoms with Crippen LogP contribution in [0.5, 0.6) is 5.75 Å². The molecule has 0 bridgehead atoms. The van der Waals surface area contributed by atoms with Gasteiger partial charge in [-0.1, -0.05) is 6.07 Å². The standard InChI is InChI=1S/C13H9F3N2O3/c14-13(15,16)8-4-7(5-9(6-8)18(20)21)12-10(17)2-1-3-11(12)19/h1-6,19H,17H2. The van der Waals surface area contributed by atoms with Crippen LogP contribution in [-0.2, 0) is 6.18 Å². The van der Waals surface area contributed by atoms with E-state index in [0.717, 1.165) is 6.07 Å². The smallest absolute Gasteiger partial charge is 0.416 e. The van der Waals surface area contributed by atoms with E-state index < -0.39 is 22.4 Å². The molecule has 0 saturated heterocycles. The molecule has 21 heavy (non-hydrogen) atoms. The zero-order chi connectivity index (χ0) is 15.8. The monoisotopic (exact) mass is 298 g/mol. The zero-order valence-electron chi connectivity index (χ0n) is 10.4. The Morgan fingerprint density at radius 3 is 2.38 bits per heavy atom. The van der Waals surface area contributed by atoms with Crippen LogP contribution >= 0.6 is 0 Å². The van der Waals surface area contributed by atoms with Crippen molar-refractivity contribution in [3.8, 4) is 16.9 Å². The molecule has 0 unspecified atom stereocenters. The average Bonchev–Trinajstić information content (AvgIpc) is 2.37. The molecule has 2 aromatic carbocycles. The average molecular weight is 298 g/mol. The molecule has 2 aromatic rings. The molecule has 0 saturated carbocycles. The highest BCUT2D eigenvalue weighted by atomic mass is 19.4. The topological polar surface area (TPSA) is 89.4 Å². The number of nitrogens with zero attached hydrogens (tertiary/aromatic N) is 1. The fourth-order valence-corrected chi connectivity index (χ4v) is 1.90. The van der Waals surface area contributed by atoms with E-state index in [1.807, 2.05) is 0 Å². The Balaban J connectivity index is 2.75. The quantitative estimate of drug-likeness (QED) is 0.504. The number of rotatable bonds is 2. The molecule has 0 aliphatic carbocycles. The van der Waals surface area contributed by atoms with Gasteiger partial charge in [-0.15, -0.1) is 0 Å². The van der Waals surface area contributed by atoms with Gasteiger partial charge in [0.1, 0.15) is 5.75 Å². The summed E-state index contributed by atoms with van der Waals surface area (Å²) in [7, 11) is 0. The lowest BCUT2D eigenvalue weighted by Crippen LogP contribution is -2.06. The van der Waals surface area contributed by atoms with Gasteiger partial charge < -0.3 is 10.8 Å². The van der Waals surface area contributed by atoms with E-state index >= 15 is 0 Å². The Kier molecular flexibility index (Phi) is 3.46. The fraction of sp³-hybridized carbons (Fsp3) is 0.0769. The van der Waals surface area contributed by atoms with Crippen molar-refractivity contribution in [2.75, 3.05) is 5.73 Å². The first-order valence-corrected chi connectivity index (χ1v) is 5.64. The van der Waals surface area contributed by atoms with Gasteiger partial charge in [-0.2, -0.15) is 13.2 Å². The van der Waals surface area contributed by atoms with E-state index in [9.17, 15) is 28.4 Å². The van der Waals surface area contributed by atoms with E-state index in [1.54, 1.807) is 0 Å². The zero-order valence-corrected chi connectivity index (χ0v) is 10.4. The van der Waals surface area contributed by atoms with Gasteiger partial charge in [0.2, 0.25) is 0 Å². The second-order valence-corrected chi connectivity index (χ2v) is 4.26. The number of nitro benzene ring substituents is 1. The predicted octanol–water partition coefficient (Wildman–Crippen LogP) is 3.57. The highest BCUT2D eigenvalue weighted by Gasteiger charge is 2.33. The van der Waals surface area contributed by atoms with Crippen LogP contribution in [0.1, 0.15) is 5.56 Å². The molecule has 0 fully saturated rings. The lowest BCUT2D eigenvalue weighted by atomic mass is 9.99. The molecule has 0 heterocycles. The molecule has 0 spiro atoms. The minimum Gasteiger partial charge on any atom is -0.507 e. The number of nitro groups is 1. The number of benzene rings is 2. The van der Waals surface area contributed by atoms with Crippen LogP contribution < -0.4 is 5.73 Å². The van der Waals surface area contributed by atoms with E-state index in [0.29, 0.717) is 12.1 Å². The summed E-state index contributed by atoms with van der Waals surface area (Å²) < 4.78 is 38.4. The van der Waals surface area contributed by atoms with Crippen molar-refractivity contribution < 1.29 is 23.2 Å². The number of halogens is 3. The van der Waals surface area contributed by atoms with Crippen molar-refractivity contribution in [3.63, 3.8) is 0 Å². The summed E-state index contributed by atoms with van der Waals surface area (Å²) in [4.78, 5) is 9.84. The maximum absolute atomic E-state index is 12.8. The van der Waals surface area contributed by atoms with E-state index in [2.05, 4.69) is 0 Å². The maximum atomic E-state index is 12.8. The number of nitrogen functional groups attached to an aromatic ring is 1. The lowest BCUT2D eigenvalue weighted by molar-refractivity contribution is -0.385. The van der Waals surface area contributed by atoms with Crippen LogP contribution in [0.2, 0.25) is 0 Å². The SMILES string of the molecule is Nc1cccc(O)c1-c1cc([N+](=O)[O-])cc(C(F)(F)F)c1. The molecule has 110 valence electrons. The second-order valence-electron chi connectivity index (χ2n) is 4.26. The van der Waals surface area contributed by atoms with Crippen molar-refractivity contribution in [1.82, 2.24) is 0 Å². The summed E-state index contributed by atoms with van der Waals surface area (Å²) in [6.45, 7) is 0. The summed E-state index contributed by atoms with van der Waals surface area (Å²) in [5.74, 6) is -0.358. The number of phenols is 1. The molecular formula is C13H9F3N2O3. The number of nitrogens with two attached hydrogens (primary N) is 1. The Bertz CT molecular complexity index is 694. The first kappa shape index (κ1) is 14.6. The van der Waals surface area contributed by atoms with Crippen molar-refractivity contribution in [1.29, 1.82) is 0 Å². The van der Waals surface area contributed by atoms with Crippen molar-refractivity contribution in [2.24, 2.45) is 0 Å². The third-order valence-electron chi connectivity index (χ3n) is 2.82. The van der Waals surface area contributed by atoms with E-state index in [-0.39, 0.29) is 22.6 Å². The van der Waals surface area contributed by atoms with Crippen LogP contribution in [0.15, 0.2) is 36.4 Å². The molecular weight excluding hydrogens is 289 g/mol. The van der Waals surface area contributed by atoms with Crippen molar-refractivity contribution >= 4 is 11.4 Å². The minimum absolute atomic E-state index is 0.0172. The summed E-state index contributed by atoms with van der Waals surface area (Å²) >= 11 is 0. The molecule has 0 amide bonds. The molecule has 0 aromatic heterocycles. The number of hydrogen-bond acceptors (Lipinski definition) is 4. The fourth-order valence-electron chi connectivity index (χ4n) is 1.90. The Morgan fingerprint density at radius 2 is 1.86 bits per heavy atom. The molecule has 0 atom stereocenters. The van der Waals surface area contributed by atoms with Crippen LogP contribution in [-0.4, -0.2) is 10.0 Å². The Morgan fingerprint density at radius 1 is 1.19 bits per heavy atom. The Labute approximate surface area is 116 Å². The van der Waals surface area contributed by atoms with E-state index in [4.69, 9.17) is 5.73 Å². The lowest BCUT2D eigenvalue weighted by Gasteiger charge is -2.12. The first-order chi connectivity index (χ1) is 9.70. The number of aromatic hydroxyl groups is 1. The normalized spacial score (nSPS) is 11.4. The van der Waals surface area contributed by atoms with Crippen LogP contribution in [0, 0.1) is 10.1 Å². The van der Waals surface area contributed by atoms with Gasteiger partial charge in [0.05, 0.1) is 10.5 Å². The van der Waals surface area contributed by atoms with Gasteiger partial charge in [-0.3, -0.25) is 10.1 Å². The van der Waals surface area contributed by atoms with Gasteiger partial charge in [-0.25, -0.2) is 0 Å². The molecule has 8 heteroatoms. The third kappa shape index (κ3) is 2.88. The third-order valence-corrected chi connectivity index (χ3v) is 2.82.